The molecule has 0 amide bonds. The SMILES string of the molecule is O=P(O)(O)OP1(=O)OCC(CCCl)O1. The molecule has 10 heteroatoms. The monoisotopic (exact) mass is 266 g/mol. The van der Waals surface area contributed by atoms with Gasteiger partial charge in [0.2, 0.25) is 0 Å². The van der Waals surface area contributed by atoms with E-state index in [2.05, 4.69) is 8.83 Å². The molecule has 2 unspecified atom stereocenters. The average Bonchev–Trinajstić information content (AvgIpc) is 2.28. The lowest BCUT2D eigenvalue weighted by Crippen LogP contribution is -2.08. The normalized spacial score (nSPS) is 33.5. The third-order valence-corrected chi connectivity index (χ3v) is 4.22. The van der Waals surface area contributed by atoms with Gasteiger partial charge in [0.25, 0.3) is 0 Å². The Morgan fingerprint density at radius 2 is 2.29 bits per heavy atom. The van der Waals surface area contributed by atoms with Crippen LogP contribution in [0.2, 0.25) is 0 Å². The van der Waals surface area contributed by atoms with E-state index >= 15 is 0 Å². The van der Waals surface area contributed by atoms with Crippen LogP contribution >= 0.6 is 27.2 Å². The molecule has 84 valence electrons. The maximum atomic E-state index is 11.3. The summed E-state index contributed by atoms with van der Waals surface area (Å²) in [5.41, 5.74) is 0. The molecular formula is C4H9ClO7P2. The van der Waals surface area contributed by atoms with Crippen LogP contribution in [0, 0.1) is 0 Å². The van der Waals surface area contributed by atoms with E-state index in [0.717, 1.165) is 0 Å². The molecule has 0 bridgehead atoms. The highest BCUT2D eigenvalue weighted by molar-refractivity contribution is 7.61. The second-order valence-electron chi connectivity index (χ2n) is 2.52. The molecular weight excluding hydrogens is 257 g/mol. The smallest absolute Gasteiger partial charge is 0.302 e. The minimum atomic E-state index is -4.87. The Morgan fingerprint density at radius 3 is 2.79 bits per heavy atom. The first-order valence-electron chi connectivity index (χ1n) is 3.60. The first-order valence-corrected chi connectivity index (χ1v) is 7.13. The van der Waals surface area contributed by atoms with Crippen molar-refractivity contribution in [3.05, 3.63) is 0 Å². The zero-order valence-corrected chi connectivity index (χ0v) is 9.45. The van der Waals surface area contributed by atoms with Gasteiger partial charge >= 0.3 is 15.6 Å². The Hall–Kier alpha value is 0.550. The molecule has 7 nitrogen and oxygen atoms in total. The molecule has 14 heavy (non-hydrogen) atoms. The zero-order valence-electron chi connectivity index (χ0n) is 6.91. The number of hydrogen-bond acceptors (Lipinski definition) is 5. The number of rotatable bonds is 4. The van der Waals surface area contributed by atoms with Crippen molar-refractivity contribution < 1.29 is 32.3 Å². The molecule has 1 fully saturated rings. The fourth-order valence-corrected chi connectivity index (χ4v) is 3.42. The minimum absolute atomic E-state index is 0.0516. The Morgan fingerprint density at radius 1 is 1.64 bits per heavy atom. The van der Waals surface area contributed by atoms with Gasteiger partial charge in [0.1, 0.15) is 0 Å². The fraction of sp³-hybridized carbons (Fsp3) is 1.00. The van der Waals surface area contributed by atoms with Crippen molar-refractivity contribution in [1.82, 2.24) is 0 Å². The lowest BCUT2D eigenvalue weighted by molar-refractivity contribution is 0.196. The number of halogens is 1. The number of phosphoric acid groups is 2. The second-order valence-corrected chi connectivity index (χ2v) is 5.90. The summed E-state index contributed by atoms with van der Waals surface area (Å²) >= 11 is 5.39. The summed E-state index contributed by atoms with van der Waals surface area (Å²) in [6, 6.07) is 0. The highest BCUT2D eigenvalue weighted by Gasteiger charge is 2.43. The van der Waals surface area contributed by atoms with Crippen molar-refractivity contribution in [2.45, 2.75) is 12.5 Å². The minimum Gasteiger partial charge on any atom is -0.302 e. The van der Waals surface area contributed by atoms with Crippen LogP contribution in [-0.2, 0) is 22.5 Å². The van der Waals surface area contributed by atoms with Gasteiger partial charge in [-0.15, -0.1) is 11.6 Å². The largest absolute Gasteiger partial charge is 0.484 e. The van der Waals surface area contributed by atoms with Crippen LogP contribution in [-0.4, -0.2) is 28.4 Å². The third-order valence-electron chi connectivity index (χ3n) is 1.33. The van der Waals surface area contributed by atoms with Crippen LogP contribution < -0.4 is 0 Å². The van der Waals surface area contributed by atoms with E-state index in [1.165, 1.54) is 0 Å². The number of hydrogen-bond donors (Lipinski definition) is 2. The van der Waals surface area contributed by atoms with Gasteiger partial charge in [-0.2, -0.15) is 4.31 Å². The van der Waals surface area contributed by atoms with Crippen LogP contribution in [0.3, 0.4) is 0 Å². The van der Waals surface area contributed by atoms with E-state index in [9.17, 15) is 9.13 Å². The molecule has 1 heterocycles. The molecule has 0 aliphatic carbocycles. The van der Waals surface area contributed by atoms with Crippen molar-refractivity contribution in [2.75, 3.05) is 12.5 Å². The maximum absolute atomic E-state index is 11.3. The number of phosphoric ester groups is 1. The maximum Gasteiger partial charge on any atom is 0.484 e. The van der Waals surface area contributed by atoms with E-state index in [4.69, 9.17) is 25.9 Å². The van der Waals surface area contributed by atoms with Gasteiger partial charge in [-0.1, -0.05) is 0 Å². The first kappa shape index (κ1) is 12.6. The Bertz CT molecular complexity index is 287. The summed E-state index contributed by atoms with van der Waals surface area (Å²) in [6.45, 7) is -0.0516. The Labute approximate surface area is 85.2 Å². The van der Waals surface area contributed by atoms with Gasteiger partial charge in [-0.25, -0.2) is 9.13 Å². The lowest BCUT2D eigenvalue weighted by atomic mass is 10.3. The van der Waals surface area contributed by atoms with Gasteiger partial charge in [0, 0.05) is 5.88 Å². The summed E-state index contributed by atoms with van der Waals surface area (Å²) in [4.78, 5) is 16.8. The van der Waals surface area contributed by atoms with Crippen LogP contribution in [0.15, 0.2) is 0 Å². The second kappa shape index (κ2) is 4.60. The quantitative estimate of drug-likeness (QED) is 0.583. The van der Waals surface area contributed by atoms with E-state index in [0.29, 0.717) is 6.42 Å². The molecule has 0 spiro atoms. The summed E-state index contributed by atoms with van der Waals surface area (Å²) in [5, 5.41) is 0. The molecule has 0 radical (unpaired) electrons. The molecule has 1 rings (SSSR count). The predicted molar refractivity (Wildman–Crippen MR) is 46.9 cm³/mol. The molecule has 0 aromatic carbocycles. The van der Waals surface area contributed by atoms with Crippen LogP contribution in [0.4, 0.5) is 0 Å². The molecule has 1 saturated heterocycles. The molecule has 1 aliphatic heterocycles. The van der Waals surface area contributed by atoms with Crippen molar-refractivity contribution >= 4 is 27.2 Å². The molecule has 1 aliphatic rings. The first-order chi connectivity index (χ1) is 6.35. The number of alkyl halides is 1. The van der Waals surface area contributed by atoms with Crippen molar-refractivity contribution in [2.24, 2.45) is 0 Å². The van der Waals surface area contributed by atoms with Crippen molar-refractivity contribution in [3.63, 3.8) is 0 Å². The van der Waals surface area contributed by atoms with E-state index < -0.39 is 21.7 Å². The van der Waals surface area contributed by atoms with Gasteiger partial charge in [0.05, 0.1) is 12.7 Å². The molecule has 0 aromatic rings. The average molecular weight is 267 g/mol. The van der Waals surface area contributed by atoms with Crippen LogP contribution in [0.1, 0.15) is 6.42 Å². The zero-order chi connectivity index (χ0) is 10.8. The van der Waals surface area contributed by atoms with E-state index in [1.807, 2.05) is 0 Å². The standard InChI is InChI=1S/C4H9ClO7P2/c5-2-1-4-3-10-14(9,11-4)12-13(6,7)8/h4H,1-3H2,(H2,6,7,8). The highest BCUT2D eigenvalue weighted by Crippen LogP contribution is 2.64. The van der Waals surface area contributed by atoms with Gasteiger partial charge in [0.15, 0.2) is 0 Å². The third kappa shape index (κ3) is 3.96. The van der Waals surface area contributed by atoms with Gasteiger partial charge < -0.3 is 9.79 Å². The van der Waals surface area contributed by atoms with E-state index in [-0.39, 0.29) is 12.5 Å². The summed E-state index contributed by atoms with van der Waals surface area (Å²) in [7, 11) is -8.97. The van der Waals surface area contributed by atoms with Gasteiger partial charge in [-0.05, 0) is 6.42 Å². The van der Waals surface area contributed by atoms with E-state index in [1.54, 1.807) is 0 Å². The molecule has 2 N–H and O–H groups in total. The van der Waals surface area contributed by atoms with Crippen LogP contribution in [0.25, 0.3) is 0 Å². The highest BCUT2D eigenvalue weighted by atomic mass is 35.5. The summed E-state index contributed by atoms with van der Waals surface area (Å²) in [5.74, 6) is 0.268. The lowest BCUT2D eigenvalue weighted by Gasteiger charge is -2.10. The Kier molecular flexibility index (Phi) is 4.14. The topological polar surface area (TPSA) is 102 Å². The summed E-state index contributed by atoms with van der Waals surface area (Å²) < 4.78 is 34.8. The van der Waals surface area contributed by atoms with Crippen molar-refractivity contribution in [3.8, 4) is 0 Å². The summed E-state index contributed by atoms with van der Waals surface area (Å²) in [6.07, 6.45) is -0.180. The molecule has 0 aromatic heterocycles. The fourth-order valence-electron chi connectivity index (χ4n) is 0.849. The molecule has 0 saturated carbocycles. The van der Waals surface area contributed by atoms with Gasteiger partial charge in [-0.3, -0.25) is 9.05 Å². The van der Waals surface area contributed by atoms with Crippen LogP contribution in [0.5, 0.6) is 0 Å². The molecule has 2 atom stereocenters. The predicted octanol–water partition coefficient (Wildman–Crippen LogP) is 1.25. The van der Waals surface area contributed by atoms with Crippen molar-refractivity contribution in [1.29, 1.82) is 0 Å². The Balaban J connectivity index is 2.54.